The molecule has 1 unspecified atom stereocenters. The number of rotatable bonds is 10. The van der Waals surface area contributed by atoms with E-state index in [1.54, 1.807) is 20.8 Å². The number of carbonyl (C=O) groups is 4. The highest BCUT2D eigenvalue weighted by molar-refractivity contribution is 7.88. The predicted octanol–water partition coefficient (Wildman–Crippen LogP) is 3.74. The number of amides is 2. The van der Waals surface area contributed by atoms with Gasteiger partial charge < -0.3 is 14.2 Å². The highest BCUT2D eigenvalue weighted by Gasteiger charge is 2.58. The summed E-state index contributed by atoms with van der Waals surface area (Å²) in [6.07, 6.45) is 0.563. The van der Waals surface area contributed by atoms with Crippen molar-refractivity contribution in [2.75, 3.05) is 7.11 Å². The van der Waals surface area contributed by atoms with E-state index in [4.69, 9.17) is 9.47 Å². The quantitative estimate of drug-likeness (QED) is 0.306. The first-order valence-electron chi connectivity index (χ1n) is 11.8. The minimum absolute atomic E-state index is 0.00740. The zero-order valence-electron chi connectivity index (χ0n) is 21.8. The zero-order chi connectivity index (χ0) is 29.3. The third-order valence-electron chi connectivity index (χ3n) is 5.46. The molecule has 2 aromatic carbocycles. The normalized spacial score (nSPS) is 14.8. The Balaban J connectivity index is 2.05. The summed E-state index contributed by atoms with van der Waals surface area (Å²) in [7, 11) is -5.67. The summed E-state index contributed by atoms with van der Waals surface area (Å²) >= 11 is 0. The van der Waals surface area contributed by atoms with E-state index < -0.39 is 50.8 Å². The van der Waals surface area contributed by atoms with E-state index in [0.717, 1.165) is 12.5 Å². The summed E-state index contributed by atoms with van der Waals surface area (Å²) in [5, 5.41) is -5.21. The molecule has 0 aromatic heterocycles. The van der Waals surface area contributed by atoms with Crippen LogP contribution in [0.25, 0.3) is 10.8 Å². The van der Waals surface area contributed by atoms with Crippen molar-refractivity contribution in [1.29, 1.82) is 0 Å². The molecular weight excluding hydrogens is 544 g/mol. The number of benzene rings is 2. The lowest BCUT2D eigenvalue weighted by Crippen LogP contribution is -2.48. The van der Waals surface area contributed by atoms with Crippen molar-refractivity contribution < 1.29 is 54.9 Å². The number of hydrogen-bond donors (Lipinski definition) is 0. The smallest absolute Gasteiger partial charge is 0.467 e. The third-order valence-corrected chi connectivity index (χ3v) is 6.60. The molecule has 0 N–H and O–H groups in total. The van der Waals surface area contributed by atoms with Crippen molar-refractivity contribution in [1.82, 2.24) is 5.06 Å². The molecule has 1 atom stereocenters. The van der Waals surface area contributed by atoms with Gasteiger partial charge in [0.1, 0.15) is 11.4 Å². The number of halogens is 2. The monoisotopic (exact) mass is 571 g/mol. The molecule has 39 heavy (non-hydrogen) atoms. The summed E-state index contributed by atoms with van der Waals surface area (Å²) in [6, 6.07) is 6.75. The summed E-state index contributed by atoms with van der Waals surface area (Å²) in [5.74, 6) is -5.91. The summed E-state index contributed by atoms with van der Waals surface area (Å²) < 4.78 is 71.9. The van der Waals surface area contributed by atoms with Crippen LogP contribution in [0.2, 0.25) is 0 Å². The van der Waals surface area contributed by atoms with Crippen LogP contribution in [-0.4, -0.2) is 61.3 Å². The minimum Gasteiger partial charge on any atom is -0.479 e. The predicted molar refractivity (Wildman–Crippen MR) is 131 cm³/mol. The van der Waals surface area contributed by atoms with Gasteiger partial charge >= 0.3 is 27.3 Å². The van der Waals surface area contributed by atoms with Gasteiger partial charge in [-0.1, -0.05) is 25.5 Å². The SMILES string of the molecule is CCCCC(Oc1cc2c3c(cccc3c1)C(=O)N(OS(=O)(=O)C(F)(F)C(=O)OC)C2=O)C(=O)OC(C)(C)C. The second-order valence-corrected chi connectivity index (χ2v) is 11.2. The Morgan fingerprint density at radius 3 is 2.28 bits per heavy atom. The fraction of sp³-hybridized carbons (Fsp3) is 0.440. The Hall–Kier alpha value is -3.65. The number of unbranched alkanes of at least 4 members (excludes halogenated alkanes) is 1. The second-order valence-electron chi connectivity index (χ2n) is 9.60. The molecule has 1 aliphatic rings. The van der Waals surface area contributed by atoms with Gasteiger partial charge in [-0.15, -0.1) is 9.35 Å². The average molecular weight is 572 g/mol. The molecule has 11 nitrogen and oxygen atoms in total. The molecule has 2 aromatic rings. The number of alkyl halides is 2. The lowest BCUT2D eigenvalue weighted by atomic mass is 9.94. The molecule has 0 spiro atoms. The fourth-order valence-electron chi connectivity index (χ4n) is 3.71. The first kappa shape index (κ1) is 29.9. The van der Waals surface area contributed by atoms with Crippen LogP contribution in [0.15, 0.2) is 30.3 Å². The van der Waals surface area contributed by atoms with Crippen LogP contribution >= 0.6 is 0 Å². The Labute approximate surface area is 223 Å². The molecular formula is C25H27F2NO10S. The van der Waals surface area contributed by atoms with Gasteiger partial charge in [0.15, 0.2) is 6.10 Å². The van der Waals surface area contributed by atoms with E-state index in [-0.39, 0.29) is 33.7 Å². The van der Waals surface area contributed by atoms with Gasteiger partial charge in [-0.3, -0.25) is 9.59 Å². The van der Waals surface area contributed by atoms with Crippen LogP contribution in [-0.2, 0) is 33.5 Å². The number of ether oxygens (including phenoxy) is 3. The summed E-state index contributed by atoms with van der Waals surface area (Å²) in [6.45, 7) is 6.97. The largest absolute Gasteiger partial charge is 0.479 e. The van der Waals surface area contributed by atoms with Crippen molar-refractivity contribution in [3.8, 4) is 5.75 Å². The van der Waals surface area contributed by atoms with E-state index in [1.165, 1.54) is 24.3 Å². The van der Waals surface area contributed by atoms with Crippen LogP contribution < -0.4 is 4.74 Å². The topological polar surface area (TPSA) is 143 Å². The molecule has 1 heterocycles. The van der Waals surface area contributed by atoms with E-state index in [0.29, 0.717) is 18.9 Å². The molecule has 0 saturated carbocycles. The van der Waals surface area contributed by atoms with Gasteiger partial charge in [0.2, 0.25) is 0 Å². The first-order chi connectivity index (χ1) is 18.0. The van der Waals surface area contributed by atoms with Crippen molar-refractivity contribution in [2.45, 2.75) is 63.9 Å². The number of carbonyl (C=O) groups excluding carboxylic acids is 4. The summed E-state index contributed by atoms with van der Waals surface area (Å²) in [4.78, 5) is 50.2. The first-order valence-corrected chi connectivity index (χ1v) is 13.2. The molecule has 1 aliphatic heterocycles. The number of esters is 2. The van der Waals surface area contributed by atoms with Gasteiger partial charge in [-0.05, 0) is 57.2 Å². The Bertz CT molecular complexity index is 1430. The number of methoxy groups -OCH3 is 1. The maximum absolute atomic E-state index is 14.1. The van der Waals surface area contributed by atoms with E-state index in [9.17, 15) is 36.4 Å². The van der Waals surface area contributed by atoms with E-state index in [1.807, 2.05) is 6.92 Å². The van der Waals surface area contributed by atoms with Crippen LogP contribution in [0.4, 0.5) is 8.78 Å². The average Bonchev–Trinajstić information content (AvgIpc) is 2.85. The minimum atomic E-state index is -6.19. The highest BCUT2D eigenvalue weighted by atomic mass is 32.2. The Morgan fingerprint density at radius 2 is 1.69 bits per heavy atom. The van der Waals surface area contributed by atoms with E-state index >= 15 is 0 Å². The van der Waals surface area contributed by atoms with Crippen LogP contribution in [0.1, 0.15) is 67.7 Å². The fourth-order valence-corrected chi connectivity index (χ4v) is 4.42. The van der Waals surface area contributed by atoms with Gasteiger partial charge in [-0.25, -0.2) is 9.59 Å². The number of hydrogen-bond acceptors (Lipinski definition) is 10. The molecule has 0 radical (unpaired) electrons. The molecule has 14 heteroatoms. The molecule has 0 aliphatic carbocycles. The third kappa shape index (κ3) is 6.01. The zero-order valence-corrected chi connectivity index (χ0v) is 22.6. The van der Waals surface area contributed by atoms with Crippen molar-refractivity contribution >= 4 is 44.6 Å². The standard InChI is InChI=1S/C25H27F2NO10S/c1-6-7-11-18(22(31)37-24(2,3)4)36-15-12-14-9-8-10-16-19(14)17(13-15)21(30)28(20(16)29)38-39(33,34)25(26,27)23(32)35-5/h8-10,12-13,18H,6-7,11H2,1-5H3. The summed E-state index contributed by atoms with van der Waals surface area (Å²) in [5.41, 5.74) is -1.37. The molecule has 3 rings (SSSR count). The van der Waals surface area contributed by atoms with Crippen molar-refractivity contribution in [3.63, 3.8) is 0 Å². The van der Waals surface area contributed by atoms with Crippen LogP contribution in [0, 0.1) is 0 Å². The molecule has 0 fully saturated rings. The van der Waals surface area contributed by atoms with Crippen molar-refractivity contribution in [2.24, 2.45) is 0 Å². The van der Waals surface area contributed by atoms with Gasteiger partial charge in [0.25, 0.3) is 11.8 Å². The molecule has 2 amide bonds. The number of imide groups is 1. The van der Waals surface area contributed by atoms with Crippen molar-refractivity contribution in [3.05, 3.63) is 41.5 Å². The van der Waals surface area contributed by atoms with Gasteiger partial charge in [-0.2, -0.15) is 17.2 Å². The van der Waals surface area contributed by atoms with Crippen LogP contribution in [0.3, 0.4) is 0 Å². The van der Waals surface area contributed by atoms with Gasteiger partial charge in [0.05, 0.1) is 18.2 Å². The molecule has 0 saturated heterocycles. The lowest BCUT2D eigenvalue weighted by Gasteiger charge is -2.27. The maximum atomic E-state index is 14.1. The number of hydroxylamine groups is 2. The second kappa shape index (κ2) is 10.8. The Morgan fingerprint density at radius 1 is 1.05 bits per heavy atom. The maximum Gasteiger partial charge on any atom is 0.467 e. The lowest BCUT2D eigenvalue weighted by molar-refractivity contribution is -0.163. The Kier molecular flexibility index (Phi) is 8.32. The molecule has 0 bridgehead atoms. The number of nitrogens with zero attached hydrogens (tertiary/aromatic N) is 1. The van der Waals surface area contributed by atoms with Gasteiger partial charge in [0, 0.05) is 5.39 Å². The molecule has 212 valence electrons. The highest BCUT2D eigenvalue weighted by Crippen LogP contribution is 2.36. The van der Waals surface area contributed by atoms with Crippen LogP contribution in [0.5, 0.6) is 5.75 Å². The van der Waals surface area contributed by atoms with E-state index in [2.05, 4.69) is 9.02 Å².